The van der Waals surface area contributed by atoms with Gasteiger partial charge in [-0.15, -0.1) is 11.3 Å². The van der Waals surface area contributed by atoms with Gasteiger partial charge in [-0.1, -0.05) is 0 Å². The first-order chi connectivity index (χ1) is 8.22. The van der Waals surface area contributed by atoms with Gasteiger partial charge in [0.05, 0.1) is 17.2 Å². The molecule has 5 nitrogen and oxygen atoms in total. The molecule has 0 aromatic carbocycles. The van der Waals surface area contributed by atoms with Gasteiger partial charge in [-0.25, -0.2) is 4.98 Å². The lowest BCUT2D eigenvalue weighted by molar-refractivity contribution is 0.511. The molecule has 1 atom stereocenters. The first-order valence-corrected chi connectivity index (χ1v) is 6.43. The number of thiazole rings is 1. The predicted molar refractivity (Wildman–Crippen MR) is 68.4 cm³/mol. The number of hydrazine groups is 1. The van der Waals surface area contributed by atoms with Gasteiger partial charge in [0.1, 0.15) is 0 Å². The minimum Gasteiger partial charge on any atom is -0.273 e. The van der Waals surface area contributed by atoms with Crippen molar-refractivity contribution in [2.24, 2.45) is 12.9 Å². The zero-order valence-corrected chi connectivity index (χ0v) is 10.9. The summed E-state index contributed by atoms with van der Waals surface area (Å²) in [6.07, 6.45) is 3.71. The smallest absolute Gasteiger partial charge is 0.0798 e. The van der Waals surface area contributed by atoms with Gasteiger partial charge in [0.15, 0.2) is 0 Å². The molecule has 0 aliphatic rings. The average Bonchev–Trinajstić information content (AvgIpc) is 2.90. The summed E-state index contributed by atoms with van der Waals surface area (Å²) in [6.45, 7) is 2.01. The van der Waals surface area contributed by atoms with Crippen LogP contribution in [0.3, 0.4) is 0 Å². The summed E-state index contributed by atoms with van der Waals surface area (Å²) in [7, 11) is 1.96. The predicted octanol–water partition coefficient (Wildman–Crippen LogP) is 1.32. The summed E-state index contributed by atoms with van der Waals surface area (Å²) in [5, 5.41) is 4.16. The Bertz CT molecular complexity index is 476. The lowest BCUT2D eigenvalue weighted by Crippen LogP contribution is -2.28. The number of nitrogens with zero attached hydrogens (tertiary/aromatic N) is 3. The fourth-order valence-electron chi connectivity index (χ4n) is 1.87. The third-order valence-electron chi connectivity index (χ3n) is 2.91. The quantitative estimate of drug-likeness (QED) is 0.621. The Morgan fingerprint density at radius 2 is 2.41 bits per heavy atom. The van der Waals surface area contributed by atoms with E-state index in [2.05, 4.69) is 15.5 Å². The molecule has 92 valence electrons. The van der Waals surface area contributed by atoms with E-state index >= 15 is 0 Å². The first kappa shape index (κ1) is 12.2. The largest absolute Gasteiger partial charge is 0.273 e. The number of hydrogen-bond acceptors (Lipinski definition) is 5. The van der Waals surface area contributed by atoms with E-state index in [4.69, 9.17) is 5.84 Å². The number of rotatable bonds is 5. The third kappa shape index (κ3) is 2.71. The Hall–Kier alpha value is -1.24. The molecule has 0 spiro atoms. The maximum Gasteiger partial charge on any atom is 0.0798 e. The van der Waals surface area contributed by atoms with Crippen LogP contribution in [0.15, 0.2) is 17.8 Å². The molecule has 0 saturated heterocycles. The zero-order valence-electron chi connectivity index (χ0n) is 10.1. The molecule has 0 radical (unpaired) electrons. The van der Waals surface area contributed by atoms with Crippen molar-refractivity contribution in [2.45, 2.75) is 25.8 Å². The maximum atomic E-state index is 5.62. The van der Waals surface area contributed by atoms with Crippen molar-refractivity contribution in [3.05, 3.63) is 34.0 Å². The van der Waals surface area contributed by atoms with Crippen LogP contribution in [-0.4, -0.2) is 14.8 Å². The van der Waals surface area contributed by atoms with Crippen LogP contribution >= 0.6 is 11.3 Å². The fourth-order valence-corrected chi connectivity index (χ4v) is 2.77. The monoisotopic (exact) mass is 251 g/mol. The molecule has 0 saturated carbocycles. The molecule has 2 heterocycles. The van der Waals surface area contributed by atoms with Crippen LogP contribution in [0.25, 0.3) is 0 Å². The van der Waals surface area contributed by atoms with Crippen molar-refractivity contribution >= 4 is 11.3 Å². The summed E-state index contributed by atoms with van der Waals surface area (Å²) in [4.78, 5) is 5.47. The van der Waals surface area contributed by atoms with E-state index < -0.39 is 0 Å². The van der Waals surface area contributed by atoms with Crippen molar-refractivity contribution in [3.63, 3.8) is 0 Å². The number of hydrogen-bond donors (Lipinski definition) is 2. The van der Waals surface area contributed by atoms with Gasteiger partial charge in [-0.05, 0) is 25.8 Å². The van der Waals surface area contributed by atoms with Gasteiger partial charge in [-0.2, -0.15) is 5.10 Å². The molecule has 0 fully saturated rings. The van der Waals surface area contributed by atoms with Crippen LogP contribution in [0.4, 0.5) is 0 Å². The van der Waals surface area contributed by atoms with E-state index in [0.717, 1.165) is 18.5 Å². The minimum atomic E-state index is 0.164. The number of nitrogens with two attached hydrogens (primary N) is 1. The average molecular weight is 251 g/mol. The van der Waals surface area contributed by atoms with Crippen molar-refractivity contribution in [1.82, 2.24) is 20.2 Å². The van der Waals surface area contributed by atoms with Gasteiger partial charge in [-0.3, -0.25) is 16.0 Å². The molecule has 3 N–H and O–H groups in total. The van der Waals surface area contributed by atoms with Gasteiger partial charge in [0.25, 0.3) is 0 Å². The van der Waals surface area contributed by atoms with E-state index in [1.165, 1.54) is 10.6 Å². The first-order valence-electron chi connectivity index (χ1n) is 5.55. The van der Waals surface area contributed by atoms with Crippen LogP contribution in [0.5, 0.6) is 0 Å². The van der Waals surface area contributed by atoms with E-state index in [9.17, 15) is 0 Å². The molecule has 0 aliphatic heterocycles. The molecular formula is C11H17N5S. The molecule has 6 heteroatoms. The second kappa shape index (κ2) is 5.39. The van der Waals surface area contributed by atoms with E-state index in [1.54, 1.807) is 11.3 Å². The van der Waals surface area contributed by atoms with E-state index in [-0.39, 0.29) is 6.04 Å². The van der Waals surface area contributed by atoms with Gasteiger partial charge >= 0.3 is 0 Å². The topological polar surface area (TPSA) is 68.8 Å². The van der Waals surface area contributed by atoms with Crippen LogP contribution in [-0.2, 0) is 13.5 Å². The van der Waals surface area contributed by atoms with E-state index in [0.29, 0.717) is 0 Å². The Balaban J connectivity index is 2.02. The summed E-state index contributed by atoms with van der Waals surface area (Å²) in [5.41, 5.74) is 7.00. The lowest BCUT2D eigenvalue weighted by atomic mass is 10.1. The molecule has 17 heavy (non-hydrogen) atoms. The summed E-state index contributed by atoms with van der Waals surface area (Å²) in [6, 6.07) is 2.20. The lowest BCUT2D eigenvalue weighted by Gasteiger charge is -2.14. The molecule has 2 rings (SSSR count). The van der Waals surface area contributed by atoms with Gasteiger partial charge in [0.2, 0.25) is 0 Å². The molecule has 0 amide bonds. The third-order valence-corrected chi connectivity index (χ3v) is 3.96. The summed E-state index contributed by atoms with van der Waals surface area (Å²) >= 11 is 1.65. The van der Waals surface area contributed by atoms with Crippen molar-refractivity contribution < 1.29 is 0 Å². The zero-order chi connectivity index (χ0) is 12.3. The highest BCUT2D eigenvalue weighted by atomic mass is 32.1. The molecule has 1 unspecified atom stereocenters. The molecule has 2 aromatic heterocycles. The Morgan fingerprint density at radius 3 is 2.94 bits per heavy atom. The fraction of sp³-hybridized carbons (Fsp3) is 0.455. The van der Waals surface area contributed by atoms with E-state index in [1.807, 2.05) is 36.4 Å². The second-order valence-corrected chi connectivity index (χ2v) is 4.89. The molecule has 0 bridgehead atoms. The van der Waals surface area contributed by atoms with Gasteiger partial charge in [0, 0.05) is 23.8 Å². The highest BCUT2D eigenvalue weighted by Gasteiger charge is 2.15. The number of aryl methyl sites for hydroxylation is 3. The Labute approximate surface area is 105 Å². The standard InChI is InChI=1S/C11H17N5S/c1-8-11(17-7-13-8)10(15-12)4-3-9-5-6-14-16(9)2/h5-7,10,15H,3-4,12H2,1-2H3. The summed E-state index contributed by atoms with van der Waals surface area (Å²) in [5.74, 6) is 5.62. The Kier molecular flexibility index (Phi) is 3.88. The van der Waals surface area contributed by atoms with Crippen molar-refractivity contribution in [2.75, 3.05) is 0 Å². The molecule has 2 aromatic rings. The van der Waals surface area contributed by atoms with Crippen LogP contribution in [0.1, 0.15) is 28.7 Å². The molecular weight excluding hydrogens is 234 g/mol. The number of aromatic nitrogens is 3. The summed E-state index contributed by atoms with van der Waals surface area (Å²) < 4.78 is 1.90. The second-order valence-electron chi connectivity index (χ2n) is 4.01. The van der Waals surface area contributed by atoms with Crippen LogP contribution in [0.2, 0.25) is 0 Å². The highest BCUT2D eigenvalue weighted by Crippen LogP contribution is 2.24. The minimum absolute atomic E-state index is 0.164. The normalized spacial score (nSPS) is 12.9. The SMILES string of the molecule is Cc1ncsc1C(CCc1ccnn1C)NN. The van der Waals surface area contributed by atoms with Crippen LogP contribution in [0, 0.1) is 6.92 Å². The highest BCUT2D eigenvalue weighted by molar-refractivity contribution is 7.09. The van der Waals surface area contributed by atoms with Crippen molar-refractivity contribution in [3.8, 4) is 0 Å². The van der Waals surface area contributed by atoms with Crippen LogP contribution < -0.4 is 11.3 Å². The maximum absolute atomic E-state index is 5.62. The van der Waals surface area contributed by atoms with Crippen molar-refractivity contribution in [1.29, 1.82) is 0 Å². The molecule has 0 aliphatic carbocycles. The van der Waals surface area contributed by atoms with Gasteiger partial charge < -0.3 is 0 Å². The Morgan fingerprint density at radius 1 is 1.59 bits per heavy atom. The number of nitrogens with one attached hydrogen (secondary N) is 1.